The van der Waals surface area contributed by atoms with Crippen LogP contribution in [-0.4, -0.2) is 19.3 Å². The number of hydrogen-bond donors (Lipinski definition) is 0. The molecule has 0 spiro atoms. The second-order valence-corrected chi connectivity index (χ2v) is 6.46. The van der Waals surface area contributed by atoms with Crippen LogP contribution in [0.1, 0.15) is 0 Å². The fourth-order valence-corrected chi connectivity index (χ4v) is 2.60. The van der Waals surface area contributed by atoms with Gasteiger partial charge < -0.3 is 14.2 Å². The minimum atomic E-state index is -0.295. The highest BCUT2D eigenvalue weighted by atomic mass is 16.6. The molecule has 0 atom stereocenters. The van der Waals surface area contributed by atoms with Gasteiger partial charge in [-0.15, -0.1) is 0 Å². The van der Waals surface area contributed by atoms with Gasteiger partial charge in [0.1, 0.15) is 30.5 Å². The maximum Gasteiger partial charge on any atom is 0.166 e. The zero-order valence-electron chi connectivity index (χ0n) is 16.8. The number of hydrogen-bond acceptors (Lipinski definition) is 3. The van der Waals surface area contributed by atoms with Crippen molar-refractivity contribution in [1.82, 2.24) is 0 Å². The summed E-state index contributed by atoms with van der Waals surface area (Å²) in [6.07, 6.45) is 40.6. The van der Waals surface area contributed by atoms with Crippen molar-refractivity contribution < 1.29 is 14.2 Å². The van der Waals surface area contributed by atoms with Crippen molar-refractivity contribution in [3.8, 4) is 0 Å². The molecule has 0 heterocycles. The van der Waals surface area contributed by atoms with E-state index in [0.29, 0.717) is 13.2 Å². The minimum Gasteiger partial charge on any atom is -0.490 e. The fraction of sp³-hybridized carbons (Fsp3) is 0.111. The van der Waals surface area contributed by atoms with Crippen LogP contribution in [-0.2, 0) is 14.2 Å². The third-order valence-electron chi connectivity index (χ3n) is 4.07. The van der Waals surface area contributed by atoms with Crippen molar-refractivity contribution in [2.24, 2.45) is 0 Å². The van der Waals surface area contributed by atoms with Crippen LogP contribution in [0.5, 0.6) is 0 Å². The van der Waals surface area contributed by atoms with E-state index in [1.807, 2.05) is 128 Å². The second kappa shape index (κ2) is 12.7. The van der Waals surface area contributed by atoms with Crippen LogP contribution in [0, 0.1) is 0 Å². The molecule has 3 rings (SSSR count). The summed E-state index contributed by atoms with van der Waals surface area (Å²) in [4.78, 5) is 0. The second-order valence-electron chi connectivity index (χ2n) is 6.46. The summed E-state index contributed by atoms with van der Waals surface area (Å²) in [6, 6.07) is 0. The van der Waals surface area contributed by atoms with E-state index in [0.717, 1.165) is 17.3 Å². The van der Waals surface area contributed by atoms with E-state index in [9.17, 15) is 0 Å². The Morgan fingerprint density at radius 2 is 0.800 bits per heavy atom. The van der Waals surface area contributed by atoms with E-state index >= 15 is 0 Å². The lowest BCUT2D eigenvalue weighted by Crippen LogP contribution is -2.25. The molecule has 152 valence electrons. The molecule has 0 amide bonds. The molecule has 0 saturated heterocycles. The summed E-state index contributed by atoms with van der Waals surface area (Å²) in [6.45, 7) is 0.705. The van der Waals surface area contributed by atoms with E-state index in [4.69, 9.17) is 14.2 Å². The maximum atomic E-state index is 6.19. The highest BCUT2D eigenvalue weighted by Crippen LogP contribution is 2.13. The molecule has 30 heavy (non-hydrogen) atoms. The first-order valence-electron chi connectivity index (χ1n) is 9.97. The van der Waals surface area contributed by atoms with E-state index in [-0.39, 0.29) is 6.10 Å². The monoisotopic (exact) mass is 398 g/mol. The fourth-order valence-electron chi connectivity index (χ4n) is 2.60. The third kappa shape index (κ3) is 8.11. The molecule has 0 aromatic rings. The molecular weight excluding hydrogens is 372 g/mol. The molecule has 0 aromatic carbocycles. The predicted molar refractivity (Wildman–Crippen MR) is 123 cm³/mol. The average molecular weight is 399 g/mol. The molecule has 0 saturated carbocycles. The molecule has 0 unspecified atom stereocenters. The Labute approximate surface area is 178 Å². The van der Waals surface area contributed by atoms with E-state index in [1.165, 1.54) is 0 Å². The van der Waals surface area contributed by atoms with Crippen LogP contribution in [0.15, 0.2) is 145 Å². The highest BCUT2D eigenvalue weighted by molar-refractivity contribution is 5.29. The molecule has 3 heteroatoms. The van der Waals surface area contributed by atoms with Crippen LogP contribution in [0.3, 0.4) is 0 Å². The van der Waals surface area contributed by atoms with Gasteiger partial charge in [-0.3, -0.25) is 0 Å². The quantitative estimate of drug-likeness (QED) is 0.494. The van der Waals surface area contributed by atoms with Crippen LogP contribution in [0.2, 0.25) is 0 Å². The van der Waals surface area contributed by atoms with Gasteiger partial charge in [0.25, 0.3) is 0 Å². The van der Waals surface area contributed by atoms with Crippen molar-refractivity contribution in [2.45, 2.75) is 6.10 Å². The Kier molecular flexibility index (Phi) is 8.88. The molecule has 0 fully saturated rings. The van der Waals surface area contributed by atoms with Crippen molar-refractivity contribution in [2.75, 3.05) is 13.2 Å². The summed E-state index contributed by atoms with van der Waals surface area (Å²) in [7, 11) is 0. The van der Waals surface area contributed by atoms with Gasteiger partial charge >= 0.3 is 0 Å². The van der Waals surface area contributed by atoms with Crippen molar-refractivity contribution >= 4 is 0 Å². The van der Waals surface area contributed by atoms with Crippen LogP contribution in [0.4, 0.5) is 0 Å². The smallest absolute Gasteiger partial charge is 0.166 e. The number of ether oxygens (including phenoxy) is 3. The summed E-state index contributed by atoms with van der Waals surface area (Å²) >= 11 is 0. The van der Waals surface area contributed by atoms with E-state index < -0.39 is 0 Å². The van der Waals surface area contributed by atoms with Gasteiger partial charge in [0, 0.05) is 0 Å². The molecule has 0 radical (unpaired) electrons. The lowest BCUT2D eigenvalue weighted by molar-refractivity contribution is 0.00378. The first-order valence-corrected chi connectivity index (χ1v) is 9.97. The first kappa shape index (κ1) is 21.0. The molecule has 0 aromatic heterocycles. The maximum absolute atomic E-state index is 6.19. The van der Waals surface area contributed by atoms with Gasteiger partial charge in [0.05, 0.1) is 0 Å². The summed E-state index contributed by atoms with van der Waals surface area (Å²) < 4.78 is 18.2. The SMILES string of the molecule is C1=C\C=C/C(OCC(COC2=C/C=C\C=C/C=C\2)OC2=C/C=C\C=C/C=C\2)=C\C=C/1. The van der Waals surface area contributed by atoms with Gasteiger partial charge in [-0.05, 0) is 36.5 Å². The summed E-state index contributed by atoms with van der Waals surface area (Å²) in [5.74, 6) is 2.29. The number of allylic oxidation sites excluding steroid dienone is 21. The molecule has 0 aliphatic heterocycles. The van der Waals surface area contributed by atoms with Gasteiger partial charge in [-0.2, -0.15) is 0 Å². The van der Waals surface area contributed by atoms with Crippen LogP contribution >= 0.6 is 0 Å². The van der Waals surface area contributed by atoms with Gasteiger partial charge in [-0.25, -0.2) is 0 Å². The van der Waals surface area contributed by atoms with Crippen molar-refractivity contribution in [3.05, 3.63) is 145 Å². The first-order chi connectivity index (χ1) is 14.9. The summed E-state index contributed by atoms with van der Waals surface area (Å²) in [5, 5.41) is 0. The zero-order valence-corrected chi connectivity index (χ0v) is 16.8. The predicted octanol–water partition coefficient (Wildman–Crippen LogP) is 6.10. The minimum absolute atomic E-state index is 0.295. The molecule has 0 bridgehead atoms. The molecule has 3 aliphatic carbocycles. The van der Waals surface area contributed by atoms with Gasteiger partial charge in [0.2, 0.25) is 0 Å². The molecule has 3 aliphatic rings. The Bertz CT molecular complexity index is 873. The zero-order chi connectivity index (χ0) is 20.7. The molecule has 3 nitrogen and oxygen atoms in total. The van der Waals surface area contributed by atoms with Gasteiger partial charge in [0.15, 0.2) is 6.10 Å². The van der Waals surface area contributed by atoms with E-state index in [2.05, 4.69) is 0 Å². The lowest BCUT2D eigenvalue weighted by atomic mass is 10.2. The van der Waals surface area contributed by atoms with Crippen molar-refractivity contribution in [1.29, 1.82) is 0 Å². The largest absolute Gasteiger partial charge is 0.490 e. The topological polar surface area (TPSA) is 27.7 Å². The highest BCUT2D eigenvalue weighted by Gasteiger charge is 2.14. The molecule has 0 N–H and O–H groups in total. The standard InChI is InChI=1S/C27H26O3/c1-4-10-16-24(17-11-5-1)28-22-27(30-26-20-14-8-3-9-15-21-26)23-29-25-18-12-6-2-7-13-19-25/h1-21,27H,22-23H2/b4-1-,5-1?,6-2-,7-2?,8-3-,9-3?,10-4?,11-5-,12-6?,13-7-,14-8?,15-9-,16-10-,17-11?,18-12-,19-13?,20-14-,21-15?,24-16?,24-17+,25-18?,25-19+,26-20?,26-21+. The lowest BCUT2D eigenvalue weighted by Gasteiger charge is -2.21. The molecular formula is C27H26O3. The van der Waals surface area contributed by atoms with E-state index in [1.54, 1.807) is 0 Å². The Hall–Kier alpha value is -3.72. The van der Waals surface area contributed by atoms with Crippen molar-refractivity contribution in [3.63, 3.8) is 0 Å². The average Bonchev–Trinajstić information content (AvgIpc) is 2.67. The van der Waals surface area contributed by atoms with Gasteiger partial charge in [-0.1, -0.05) is 91.1 Å². The Morgan fingerprint density at radius 1 is 0.433 bits per heavy atom. The summed E-state index contributed by atoms with van der Waals surface area (Å²) in [5.41, 5.74) is 0. The van der Waals surface area contributed by atoms with Crippen LogP contribution < -0.4 is 0 Å². The third-order valence-corrected chi connectivity index (χ3v) is 4.07. The normalized spacial score (nSPS) is 33.0. The Morgan fingerprint density at radius 3 is 1.30 bits per heavy atom. The van der Waals surface area contributed by atoms with Crippen LogP contribution in [0.25, 0.3) is 0 Å². The number of rotatable bonds is 8. The Balaban J connectivity index is 1.65.